The molecule has 0 spiro atoms. The van der Waals surface area contributed by atoms with Crippen molar-refractivity contribution in [3.05, 3.63) is 59.8 Å². The smallest absolute Gasteiger partial charge is 0.254 e. The summed E-state index contributed by atoms with van der Waals surface area (Å²) in [5.74, 6) is 0.899. The number of aromatic nitrogens is 5. The molecule has 0 unspecified atom stereocenters. The van der Waals surface area contributed by atoms with E-state index in [4.69, 9.17) is 0 Å². The molecule has 0 radical (unpaired) electrons. The van der Waals surface area contributed by atoms with Crippen LogP contribution in [0.3, 0.4) is 0 Å². The largest absolute Gasteiger partial charge is 0.329 e. The normalized spacial score (nSPS) is 13.7. The van der Waals surface area contributed by atoms with Gasteiger partial charge in [0, 0.05) is 24.8 Å². The van der Waals surface area contributed by atoms with Gasteiger partial charge in [-0.25, -0.2) is 14.4 Å². The number of hydrogen-bond donors (Lipinski definition) is 0. The van der Waals surface area contributed by atoms with Crippen molar-refractivity contribution < 1.29 is 9.18 Å². The second kappa shape index (κ2) is 6.20. The zero-order valence-electron chi connectivity index (χ0n) is 14.0. The standard InChI is InChI=1S/C18H13FN6OS/c19-12-5-3-11(4-6-12)18(26)24-8-9-25-14(10-24)22-23-15(25)17-21-13-2-1-7-20-16(13)27-17/h1-7H,8-10H2. The van der Waals surface area contributed by atoms with Crippen molar-refractivity contribution in [2.75, 3.05) is 6.54 Å². The molecule has 0 aliphatic carbocycles. The van der Waals surface area contributed by atoms with Gasteiger partial charge >= 0.3 is 0 Å². The lowest BCUT2D eigenvalue weighted by molar-refractivity contribution is 0.0708. The van der Waals surface area contributed by atoms with Gasteiger partial charge in [-0.3, -0.25) is 4.79 Å². The van der Waals surface area contributed by atoms with Crippen molar-refractivity contribution in [1.29, 1.82) is 0 Å². The van der Waals surface area contributed by atoms with Gasteiger partial charge in [0.1, 0.15) is 16.2 Å². The molecule has 27 heavy (non-hydrogen) atoms. The Kier molecular flexibility index (Phi) is 3.68. The van der Waals surface area contributed by atoms with Gasteiger partial charge in [0.05, 0.1) is 6.54 Å². The minimum atomic E-state index is -0.361. The van der Waals surface area contributed by atoms with Crippen LogP contribution in [0.4, 0.5) is 4.39 Å². The van der Waals surface area contributed by atoms with Crippen molar-refractivity contribution in [3.8, 4) is 10.8 Å². The first-order chi connectivity index (χ1) is 13.2. The van der Waals surface area contributed by atoms with E-state index in [1.54, 1.807) is 11.1 Å². The predicted molar refractivity (Wildman–Crippen MR) is 97.6 cm³/mol. The molecule has 0 bridgehead atoms. The van der Waals surface area contributed by atoms with Crippen LogP contribution in [0.15, 0.2) is 42.6 Å². The summed E-state index contributed by atoms with van der Waals surface area (Å²) in [5, 5.41) is 9.30. The Morgan fingerprint density at radius 3 is 2.78 bits per heavy atom. The fourth-order valence-electron chi connectivity index (χ4n) is 3.13. The lowest BCUT2D eigenvalue weighted by Crippen LogP contribution is -2.38. The summed E-state index contributed by atoms with van der Waals surface area (Å²) in [6.07, 6.45) is 1.74. The topological polar surface area (TPSA) is 76.8 Å². The molecule has 5 rings (SSSR count). The lowest BCUT2D eigenvalue weighted by Gasteiger charge is -2.27. The first kappa shape index (κ1) is 16.0. The zero-order valence-corrected chi connectivity index (χ0v) is 14.9. The molecule has 0 saturated carbocycles. The molecule has 1 amide bonds. The Morgan fingerprint density at radius 1 is 1.11 bits per heavy atom. The number of nitrogens with zero attached hydrogens (tertiary/aromatic N) is 6. The number of halogens is 1. The van der Waals surface area contributed by atoms with Gasteiger partial charge in [-0.15, -0.1) is 10.2 Å². The highest BCUT2D eigenvalue weighted by Crippen LogP contribution is 2.29. The number of pyridine rings is 1. The van der Waals surface area contributed by atoms with Gasteiger partial charge in [0.2, 0.25) is 0 Å². The van der Waals surface area contributed by atoms with E-state index in [2.05, 4.69) is 20.2 Å². The molecular weight excluding hydrogens is 367 g/mol. The molecule has 1 aromatic carbocycles. The summed E-state index contributed by atoms with van der Waals surface area (Å²) in [4.78, 5) is 24.1. The Bertz CT molecular complexity index is 1120. The highest BCUT2D eigenvalue weighted by atomic mass is 32.1. The predicted octanol–water partition coefficient (Wildman–Crippen LogP) is 2.74. The van der Waals surface area contributed by atoms with Crippen LogP contribution in [0.25, 0.3) is 21.2 Å². The quantitative estimate of drug-likeness (QED) is 0.534. The molecule has 3 aromatic heterocycles. The van der Waals surface area contributed by atoms with Crippen LogP contribution in [0, 0.1) is 5.82 Å². The van der Waals surface area contributed by atoms with Crippen LogP contribution < -0.4 is 0 Å². The van der Waals surface area contributed by atoms with Gasteiger partial charge in [0.25, 0.3) is 5.91 Å². The molecule has 0 N–H and O–H groups in total. The van der Waals surface area contributed by atoms with Gasteiger partial charge < -0.3 is 9.47 Å². The van der Waals surface area contributed by atoms with Crippen LogP contribution in [0.2, 0.25) is 0 Å². The van der Waals surface area contributed by atoms with E-state index in [1.807, 2.05) is 16.7 Å². The third kappa shape index (κ3) is 2.76. The maximum Gasteiger partial charge on any atom is 0.254 e. The second-order valence-electron chi connectivity index (χ2n) is 6.17. The number of carbonyl (C=O) groups excluding carboxylic acids is 1. The van der Waals surface area contributed by atoms with E-state index < -0.39 is 0 Å². The van der Waals surface area contributed by atoms with Crippen LogP contribution in [-0.2, 0) is 13.1 Å². The minimum Gasteiger partial charge on any atom is -0.329 e. The zero-order chi connectivity index (χ0) is 18.4. The summed E-state index contributed by atoms with van der Waals surface area (Å²) < 4.78 is 15.1. The summed E-state index contributed by atoms with van der Waals surface area (Å²) in [6, 6.07) is 9.34. The average molecular weight is 380 g/mol. The van der Waals surface area contributed by atoms with Crippen molar-refractivity contribution in [2.45, 2.75) is 13.1 Å². The number of amides is 1. The summed E-state index contributed by atoms with van der Waals surface area (Å²) in [6.45, 7) is 1.46. The third-order valence-corrected chi connectivity index (χ3v) is 5.46. The van der Waals surface area contributed by atoms with E-state index in [1.165, 1.54) is 35.6 Å². The highest BCUT2D eigenvalue weighted by Gasteiger charge is 2.26. The lowest BCUT2D eigenvalue weighted by atomic mass is 10.2. The van der Waals surface area contributed by atoms with Gasteiger partial charge in [-0.05, 0) is 36.4 Å². The van der Waals surface area contributed by atoms with Crippen molar-refractivity contribution >= 4 is 27.6 Å². The molecule has 4 heterocycles. The van der Waals surface area contributed by atoms with E-state index in [-0.39, 0.29) is 11.7 Å². The maximum atomic E-state index is 13.1. The number of thiazole rings is 1. The average Bonchev–Trinajstić information content (AvgIpc) is 3.31. The van der Waals surface area contributed by atoms with Crippen LogP contribution in [-0.4, -0.2) is 42.1 Å². The molecule has 134 valence electrons. The van der Waals surface area contributed by atoms with E-state index >= 15 is 0 Å². The summed E-state index contributed by atoms with van der Waals surface area (Å²) in [5.41, 5.74) is 1.29. The third-order valence-electron chi connectivity index (χ3n) is 4.49. The molecule has 7 nitrogen and oxygen atoms in total. The Hall–Kier alpha value is -3.20. The molecule has 0 saturated heterocycles. The van der Waals surface area contributed by atoms with Gasteiger partial charge in [-0.2, -0.15) is 0 Å². The van der Waals surface area contributed by atoms with Crippen molar-refractivity contribution in [1.82, 2.24) is 29.6 Å². The molecule has 0 fully saturated rings. The molecule has 0 atom stereocenters. The van der Waals surface area contributed by atoms with Crippen LogP contribution in [0.1, 0.15) is 16.2 Å². The number of hydrogen-bond acceptors (Lipinski definition) is 6. The number of fused-ring (bicyclic) bond motifs is 2. The molecular formula is C18H13FN6OS. The Balaban J connectivity index is 1.43. The van der Waals surface area contributed by atoms with E-state index in [0.29, 0.717) is 36.8 Å². The molecule has 1 aliphatic rings. The number of carbonyl (C=O) groups is 1. The maximum absolute atomic E-state index is 13.1. The summed E-state index contributed by atoms with van der Waals surface area (Å²) in [7, 11) is 0. The minimum absolute atomic E-state index is 0.144. The van der Waals surface area contributed by atoms with E-state index in [0.717, 1.165) is 15.4 Å². The van der Waals surface area contributed by atoms with Crippen LogP contribution >= 0.6 is 11.3 Å². The summed E-state index contributed by atoms with van der Waals surface area (Å²) >= 11 is 1.47. The van der Waals surface area contributed by atoms with Crippen molar-refractivity contribution in [2.24, 2.45) is 0 Å². The Labute approximate surface area is 157 Å². The van der Waals surface area contributed by atoms with Crippen LogP contribution in [0.5, 0.6) is 0 Å². The van der Waals surface area contributed by atoms with Gasteiger partial charge in [-0.1, -0.05) is 11.3 Å². The molecule has 9 heteroatoms. The van der Waals surface area contributed by atoms with E-state index in [9.17, 15) is 9.18 Å². The monoisotopic (exact) mass is 380 g/mol. The molecule has 4 aromatic rings. The fourth-order valence-corrected chi connectivity index (χ4v) is 4.03. The van der Waals surface area contributed by atoms with Crippen molar-refractivity contribution in [3.63, 3.8) is 0 Å². The SMILES string of the molecule is O=C(c1ccc(F)cc1)N1CCn2c(nnc2-c2nc3cccnc3s2)C1. The number of benzene rings is 1. The highest BCUT2D eigenvalue weighted by molar-refractivity contribution is 7.21. The van der Waals surface area contributed by atoms with Gasteiger partial charge in [0.15, 0.2) is 16.7 Å². The first-order valence-electron chi connectivity index (χ1n) is 8.38. The first-order valence-corrected chi connectivity index (χ1v) is 9.19. The number of rotatable bonds is 2. The second-order valence-corrected chi connectivity index (χ2v) is 7.15. The molecule has 1 aliphatic heterocycles. The Morgan fingerprint density at radius 2 is 1.96 bits per heavy atom. The fraction of sp³-hybridized carbons (Fsp3) is 0.167.